The lowest BCUT2D eigenvalue weighted by Gasteiger charge is -2.13. The Labute approximate surface area is 168 Å². The smallest absolute Gasteiger partial charge is 0.324 e. The molecule has 3 rings (SSSR count). The topological polar surface area (TPSA) is 90.3 Å². The lowest BCUT2D eigenvalue weighted by Crippen LogP contribution is -2.39. The summed E-state index contributed by atoms with van der Waals surface area (Å²) in [6.07, 6.45) is 1.76. The largest absolute Gasteiger partial charge is 0.458 e. The summed E-state index contributed by atoms with van der Waals surface area (Å²) in [4.78, 5) is 12.2. The molecule has 1 aromatic heterocycles. The Morgan fingerprint density at radius 1 is 1.14 bits per heavy atom. The molecule has 3 aromatic rings. The zero-order chi connectivity index (χ0) is 20.1. The number of ether oxygens (including phenoxy) is 1. The molecule has 0 aliphatic heterocycles. The van der Waals surface area contributed by atoms with E-state index in [-0.39, 0.29) is 11.5 Å². The van der Waals surface area contributed by atoms with Crippen molar-refractivity contribution >= 4 is 27.6 Å². The quantitative estimate of drug-likeness (QED) is 0.594. The minimum Gasteiger partial charge on any atom is -0.458 e. The number of carbonyl (C=O) groups is 1. The Hall–Kier alpha value is -2.68. The van der Waals surface area contributed by atoms with E-state index in [1.54, 1.807) is 16.9 Å². The zero-order valence-corrected chi connectivity index (χ0v) is 16.5. The van der Waals surface area contributed by atoms with E-state index in [0.717, 1.165) is 5.69 Å². The van der Waals surface area contributed by atoms with Gasteiger partial charge in [-0.15, -0.1) is 0 Å². The Kier molecular flexibility index (Phi) is 6.13. The van der Waals surface area contributed by atoms with Crippen LogP contribution in [0, 0.1) is 0 Å². The van der Waals surface area contributed by atoms with Crippen molar-refractivity contribution < 1.29 is 17.9 Å². The van der Waals surface area contributed by atoms with Crippen LogP contribution in [-0.4, -0.2) is 30.2 Å². The summed E-state index contributed by atoms with van der Waals surface area (Å²) >= 11 is 5.76. The van der Waals surface area contributed by atoms with Crippen molar-refractivity contribution in [2.45, 2.75) is 24.5 Å². The monoisotopic (exact) mass is 419 g/mol. The highest BCUT2D eigenvalue weighted by molar-refractivity contribution is 7.89. The molecule has 146 valence electrons. The second-order valence-corrected chi connectivity index (χ2v) is 8.14. The lowest BCUT2D eigenvalue weighted by atomic mass is 10.3. The summed E-state index contributed by atoms with van der Waals surface area (Å²) in [5, 5.41) is 4.75. The van der Waals surface area contributed by atoms with Gasteiger partial charge in [-0.25, -0.2) is 13.1 Å². The van der Waals surface area contributed by atoms with Crippen molar-refractivity contribution in [2.24, 2.45) is 0 Å². The van der Waals surface area contributed by atoms with Crippen LogP contribution in [-0.2, 0) is 26.2 Å². The third-order valence-electron chi connectivity index (χ3n) is 3.84. The number of rotatable bonds is 7. The normalized spacial score (nSPS) is 12.5. The molecule has 7 nitrogen and oxygen atoms in total. The fourth-order valence-corrected chi connectivity index (χ4v) is 3.71. The van der Waals surface area contributed by atoms with Crippen molar-refractivity contribution in [2.75, 3.05) is 0 Å². The number of hydrogen-bond acceptors (Lipinski definition) is 5. The molecule has 9 heteroatoms. The van der Waals surface area contributed by atoms with Crippen LogP contribution in [0.25, 0.3) is 5.69 Å². The van der Waals surface area contributed by atoms with Crippen LogP contribution < -0.4 is 4.72 Å². The zero-order valence-electron chi connectivity index (χ0n) is 14.9. The highest BCUT2D eigenvalue weighted by atomic mass is 35.5. The van der Waals surface area contributed by atoms with Gasteiger partial charge in [-0.3, -0.25) is 4.79 Å². The summed E-state index contributed by atoms with van der Waals surface area (Å²) < 4.78 is 33.8. The fourth-order valence-electron chi connectivity index (χ4n) is 2.40. The number of aromatic nitrogens is 2. The predicted molar refractivity (Wildman–Crippen MR) is 105 cm³/mol. The van der Waals surface area contributed by atoms with Gasteiger partial charge in [0.05, 0.1) is 10.6 Å². The first-order valence-corrected chi connectivity index (χ1v) is 10.3. The minimum atomic E-state index is -3.87. The Bertz CT molecular complexity index is 1050. The lowest BCUT2D eigenvalue weighted by molar-refractivity contribution is -0.146. The SMILES string of the molecule is C[C@H](NS(=O)(=O)c1ccc(Cl)cc1)C(=O)OCc1ccn(-c2ccccc2)n1. The van der Waals surface area contributed by atoms with Crippen molar-refractivity contribution in [3.8, 4) is 5.69 Å². The molecule has 0 radical (unpaired) electrons. The summed E-state index contributed by atoms with van der Waals surface area (Å²) in [6.45, 7) is 1.35. The number of halogens is 1. The van der Waals surface area contributed by atoms with E-state index < -0.39 is 22.0 Å². The van der Waals surface area contributed by atoms with Gasteiger partial charge in [-0.2, -0.15) is 9.82 Å². The number of para-hydroxylation sites is 1. The molecular formula is C19H18ClN3O4S. The molecule has 1 N–H and O–H groups in total. The molecule has 0 aliphatic rings. The van der Waals surface area contributed by atoms with Gasteiger partial charge in [0.25, 0.3) is 0 Å². The number of nitrogens with zero attached hydrogens (tertiary/aromatic N) is 2. The van der Waals surface area contributed by atoms with Crippen LogP contribution >= 0.6 is 11.6 Å². The van der Waals surface area contributed by atoms with Crippen LogP contribution in [0.5, 0.6) is 0 Å². The molecule has 1 heterocycles. The van der Waals surface area contributed by atoms with Crippen LogP contribution in [0.3, 0.4) is 0 Å². The first kappa shape index (κ1) is 20.1. The second-order valence-electron chi connectivity index (χ2n) is 5.99. The third-order valence-corrected chi connectivity index (χ3v) is 5.65. The molecule has 0 saturated carbocycles. The van der Waals surface area contributed by atoms with Gasteiger partial charge in [0, 0.05) is 11.2 Å². The standard InChI is InChI=1S/C19H18ClN3O4S/c1-14(22-28(25,26)18-9-7-15(20)8-10-18)19(24)27-13-16-11-12-23(21-16)17-5-3-2-4-6-17/h2-12,14,22H,13H2,1H3/t14-/m0/s1. The molecule has 0 spiro atoms. The molecule has 28 heavy (non-hydrogen) atoms. The van der Waals surface area contributed by atoms with Crippen LogP contribution in [0.15, 0.2) is 71.8 Å². The third kappa shape index (κ3) is 4.98. The molecule has 0 amide bonds. The maximum atomic E-state index is 12.3. The summed E-state index contributed by atoms with van der Waals surface area (Å²) in [6, 6.07) is 15.8. The average molecular weight is 420 g/mol. The van der Waals surface area contributed by atoms with E-state index in [4.69, 9.17) is 16.3 Å². The van der Waals surface area contributed by atoms with E-state index in [1.807, 2.05) is 30.3 Å². The number of nitrogens with one attached hydrogen (secondary N) is 1. The first-order chi connectivity index (χ1) is 13.3. The van der Waals surface area contributed by atoms with E-state index in [2.05, 4.69) is 9.82 Å². The van der Waals surface area contributed by atoms with Crippen molar-refractivity contribution in [1.29, 1.82) is 0 Å². The first-order valence-electron chi connectivity index (χ1n) is 8.40. The van der Waals surface area contributed by atoms with Crippen LogP contribution in [0.1, 0.15) is 12.6 Å². The minimum absolute atomic E-state index is 0.0122. The second kappa shape index (κ2) is 8.55. The number of esters is 1. The van der Waals surface area contributed by atoms with Gasteiger partial charge in [-0.1, -0.05) is 29.8 Å². The average Bonchev–Trinajstić information content (AvgIpc) is 3.16. The summed E-state index contributed by atoms with van der Waals surface area (Å²) in [5.41, 5.74) is 1.43. The van der Waals surface area contributed by atoms with Crippen molar-refractivity contribution in [1.82, 2.24) is 14.5 Å². The number of sulfonamides is 1. The van der Waals surface area contributed by atoms with Gasteiger partial charge in [0.15, 0.2) is 0 Å². The predicted octanol–water partition coefficient (Wildman–Crippen LogP) is 2.94. The number of carbonyl (C=O) groups excluding carboxylic acids is 1. The van der Waals surface area contributed by atoms with E-state index in [1.165, 1.54) is 31.2 Å². The number of hydrogen-bond donors (Lipinski definition) is 1. The molecule has 0 aliphatic carbocycles. The molecule has 2 aromatic carbocycles. The molecule has 0 unspecified atom stereocenters. The molecular weight excluding hydrogens is 402 g/mol. The van der Waals surface area contributed by atoms with E-state index in [9.17, 15) is 13.2 Å². The summed E-state index contributed by atoms with van der Waals surface area (Å²) in [7, 11) is -3.87. The van der Waals surface area contributed by atoms with Crippen molar-refractivity contribution in [3.05, 3.63) is 77.6 Å². The maximum Gasteiger partial charge on any atom is 0.324 e. The molecule has 0 saturated heterocycles. The Morgan fingerprint density at radius 2 is 1.82 bits per heavy atom. The summed E-state index contributed by atoms with van der Waals surface area (Å²) in [5.74, 6) is -0.702. The van der Waals surface area contributed by atoms with Gasteiger partial charge >= 0.3 is 5.97 Å². The maximum absolute atomic E-state index is 12.3. The van der Waals surface area contributed by atoms with E-state index >= 15 is 0 Å². The highest BCUT2D eigenvalue weighted by Gasteiger charge is 2.23. The molecule has 0 bridgehead atoms. The van der Waals surface area contributed by atoms with Crippen LogP contribution in [0.4, 0.5) is 0 Å². The van der Waals surface area contributed by atoms with Gasteiger partial charge in [0.1, 0.15) is 18.3 Å². The molecule has 1 atom stereocenters. The van der Waals surface area contributed by atoms with Gasteiger partial charge < -0.3 is 4.74 Å². The molecule has 0 fully saturated rings. The van der Waals surface area contributed by atoms with Crippen LogP contribution in [0.2, 0.25) is 5.02 Å². The van der Waals surface area contributed by atoms with Crippen molar-refractivity contribution in [3.63, 3.8) is 0 Å². The fraction of sp³-hybridized carbons (Fsp3) is 0.158. The van der Waals surface area contributed by atoms with Gasteiger partial charge in [-0.05, 0) is 49.4 Å². The Balaban J connectivity index is 1.57. The highest BCUT2D eigenvalue weighted by Crippen LogP contribution is 2.14. The van der Waals surface area contributed by atoms with Gasteiger partial charge in [0.2, 0.25) is 10.0 Å². The van der Waals surface area contributed by atoms with E-state index in [0.29, 0.717) is 10.7 Å². The Morgan fingerprint density at radius 3 is 2.50 bits per heavy atom. The number of benzene rings is 2.